The van der Waals surface area contributed by atoms with Crippen molar-refractivity contribution in [3.05, 3.63) is 24.3 Å². The molecule has 1 heterocycles. The van der Waals surface area contributed by atoms with Gasteiger partial charge >= 0.3 is 5.97 Å². The summed E-state index contributed by atoms with van der Waals surface area (Å²) in [5.74, 6) is -0.666. The van der Waals surface area contributed by atoms with E-state index in [1.54, 1.807) is 19.1 Å². The highest BCUT2D eigenvalue weighted by molar-refractivity contribution is 6.02. The molecule has 0 fully saturated rings. The third-order valence-electron chi connectivity index (χ3n) is 1.65. The minimum absolute atomic E-state index is 0.150. The molecule has 0 amide bonds. The fourth-order valence-electron chi connectivity index (χ4n) is 1.03. The van der Waals surface area contributed by atoms with Crippen LogP contribution >= 0.6 is 0 Å². The Morgan fingerprint density at radius 1 is 1.38 bits per heavy atom. The van der Waals surface area contributed by atoms with Crippen molar-refractivity contribution in [3.63, 3.8) is 0 Å². The van der Waals surface area contributed by atoms with Crippen molar-refractivity contribution in [2.45, 2.75) is 25.9 Å². The molecule has 3 nitrogen and oxygen atoms in total. The molecule has 70 valence electrons. The quantitative estimate of drug-likeness (QED) is 0.418. The summed E-state index contributed by atoms with van der Waals surface area (Å²) in [6, 6.07) is 0. The highest BCUT2D eigenvalue weighted by atomic mass is 16.5. The maximum absolute atomic E-state index is 11.0. The van der Waals surface area contributed by atoms with Crippen LogP contribution in [0.5, 0.6) is 0 Å². The molecule has 0 aromatic rings. The van der Waals surface area contributed by atoms with Gasteiger partial charge in [-0.1, -0.05) is 18.2 Å². The van der Waals surface area contributed by atoms with Gasteiger partial charge in [0.1, 0.15) is 12.5 Å². The largest absolute Gasteiger partial charge is 0.462 e. The number of rotatable bonds is 0. The molecule has 0 saturated heterocycles. The Bertz CT molecular complexity index is 263. The molecule has 0 aromatic heterocycles. The van der Waals surface area contributed by atoms with E-state index < -0.39 is 5.97 Å². The molecule has 0 aromatic carbocycles. The van der Waals surface area contributed by atoms with Gasteiger partial charge in [-0.05, 0) is 13.0 Å². The first kappa shape index (κ1) is 9.71. The lowest BCUT2D eigenvalue weighted by molar-refractivity contribution is -0.149. The average Bonchev–Trinajstić information content (AvgIpc) is 2.02. The second-order valence-corrected chi connectivity index (χ2v) is 2.97. The van der Waals surface area contributed by atoms with Crippen molar-refractivity contribution in [1.82, 2.24) is 0 Å². The minimum atomic E-state index is -0.447. The number of hydrogen-bond donors (Lipinski definition) is 0. The van der Waals surface area contributed by atoms with Gasteiger partial charge in [-0.25, -0.2) is 0 Å². The zero-order chi connectivity index (χ0) is 9.68. The number of carbonyl (C=O) groups excluding carboxylic acids is 2. The molecule has 1 rings (SSSR count). The first-order chi connectivity index (χ1) is 6.18. The Kier molecular flexibility index (Phi) is 3.43. The van der Waals surface area contributed by atoms with Crippen molar-refractivity contribution in [2.24, 2.45) is 0 Å². The maximum Gasteiger partial charge on any atom is 0.313 e. The molecule has 1 aliphatic heterocycles. The van der Waals surface area contributed by atoms with Gasteiger partial charge in [0.05, 0.1) is 0 Å². The highest BCUT2D eigenvalue weighted by Gasteiger charge is 2.11. The fraction of sp³-hybridized carbons (Fsp3) is 0.400. The van der Waals surface area contributed by atoms with Crippen molar-refractivity contribution in [3.8, 4) is 0 Å². The number of ketones is 1. The van der Waals surface area contributed by atoms with Crippen LogP contribution in [-0.2, 0) is 14.3 Å². The predicted molar refractivity (Wildman–Crippen MR) is 48.1 cm³/mol. The van der Waals surface area contributed by atoms with E-state index in [2.05, 4.69) is 0 Å². The van der Waals surface area contributed by atoms with E-state index in [9.17, 15) is 9.59 Å². The van der Waals surface area contributed by atoms with Gasteiger partial charge in [-0.15, -0.1) is 0 Å². The Morgan fingerprint density at radius 3 is 2.92 bits per heavy atom. The lowest BCUT2D eigenvalue weighted by Gasteiger charge is -2.10. The molecule has 1 aliphatic rings. The summed E-state index contributed by atoms with van der Waals surface area (Å²) in [4.78, 5) is 22.0. The number of carbonyl (C=O) groups is 2. The smallest absolute Gasteiger partial charge is 0.313 e. The Hall–Kier alpha value is -1.38. The number of cyclic esters (lactones) is 1. The van der Waals surface area contributed by atoms with Crippen LogP contribution < -0.4 is 0 Å². The van der Waals surface area contributed by atoms with Gasteiger partial charge in [-0.2, -0.15) is 0 Å². The number of allylic oxidation sites excluding steroid dienone is 3. The van der Waals surface area contributed by atoms with E-state index in [0.717, 1.165) is 0 Å². The zero-order valence-electron chi connectivity index (χ0n) is 7.53. The number of ether oxygens (including phenoxy) is 1. The molecule has 1 atom stereocenters. The van der Waals surface area contributed by atoms with Crippen LogP contribution in [-0.4, -0.2) is 17.9 Å². The van der Waals surface area contributed by atoms with Gasteiger partial charge in [0.25, 0.3) is 0 Å². The van der Waals surface area contributed by atoms with E-state index in [1.165, 1.54) is 6.08 Å². The third kappa shape index (κ3) is 3.69. The van der Waals surface area contributed by atoms with E-state index in [4.69, 9.17) is 4.74 Å². The molecule has 13 heavy (non-hydrogen) atoms. The second-order valence-electron chi connectivity index (χ2n) is 2.97. The number of esters is 1. The van der Waals surface area contributed by atoms with Crippen LogP contribution in [0.2, 0.25) is 0 Å². The summed E-state index contributed by atoms with van der Waals surface area (Å²) in [6.45, 7) is 1.80. The maximum atomic E-state index is 11.0. The van der Waals surface area contributed by atoms with Crippen molar-refractivity contribution < 1.29 is 14.3 Å². The monoisotopic (exact) mass is 180 g/mol. The topological polar surface area (TPSA) is 43.4 Å². The van der Waals surface area contributed by atoms with Crippen LogP contribution in [0, 0.1) is 0 Å². The average molecular weight is 180 g/mol. The van der Waals surface area contributed by atoms with E-state index in [-0.39, 0.29) is 18.3 Å². The van der Waals surface area contributed by atoms with Crippen molar-refractivity contribution >= 4 is 11.8 Å². The Balaban J connectivity index is 2.67. The normalized spacial score (nSPS) is 29.2. The van der Waals surface area contributed by atoms with Gasteiger partial charge in [0.2, 0.25) is 0 Å². The fourth-order valence-corrected chi connectivity index (χ4v) is 1.03. The van der Waals surface area contributed by atoms with E-state index in [0.29, 0.717) is 6.42 Å². The first-order valence-electron chi connectivity index (χ1n) is 4.24. The standard InChI is InChI=1S/C10H12O3/c1-8-5-3-2-4-6-9(11)7-10(12)13-8/h2-4,6,8H,5,7H2,1H3/b3-2-,6-4-/t8-/m1/s1. The summed E-state index contributed by atoms with van der Waals surface area (Å²) in [6.07, 6.45) is 7.06. The molecule has 0 radical (unpaired) electrons. The van der Waals surface area contributed by atoms with Gasteiger partial charge < -0.3 is 4.74 Å². The highest BCUT2D eigenvalue weighted by Crippen LogP contribution is 2.03. The molecular weight excluding hydrogens is 168 g/mol. The van der Waals surface area contributed by atoms with E-state index in [1.807, 2.05) is 6.08 Å². The van der Waals surface area contributed by atoms with Crippen LogP contribution in [0.15, 0.2) is 24.3 Å². The SMILES string of the molecule is C[C@@H]1C/C=C\C=C/C(=O)CC(=O)O1. The minimum Gasteiger partial charge on any atom is -0.462 e. The molecule has 0 N–H and O–H groups in total. The predicted octanol–water partition coefficient (Wildman–Crippen LogP) is 1.39. The summed E-state index contributed by atoms with van der Waals surface area (Å²) in [7, 11) is 0. The van der Waals surface area contributed by atoms with Crippen LogP contribution in [0.25, 0.3) is 0 Å². The summed E-state index contributed by atoms with van der Waals surface area (Å²) < 4.78 is 4.95. The van der Waals surface area contributed by atoms with Crippen LogP contribution in [0.1, 0.15) is 19.8 Å². The molecular formula is C10H12O3. The Labute approximate surface area is 77.1 Å². The molecule has 0 unspecified atom stereocenters. The number of hydrogen-bond acceptors (Lipinski definition) is 3. The summed E-state index contributed by atoms with van der Waals surface area (Å²) in [5, 5.41) is 0. The lowest BCUT2D eigenvalue weighted by Crippen LogP contribution is -2.16. The van der Waals surface area contributed by atoms with E-state index >= 15 is 0 Å². The molecule has 0 bridgehead atoms. The van der Waals surface area contributed by atoms with Gasteiger partial charge in [0.15, 0.2) is 5.78 Å². The van der Waals surface area contributed by atoms with Crippen LogP contribution in [0.4, 0.5) is 0 Å². The zero-order valence-corrected chi connectivity index (χ0v) is 7.53. The molecule has 0 saturated carbocycles. The van der Waals surface area contributed by atoms with Gasteiger partial charge in [0, 0.05) is 6.42 Å². The first-order valence-corrected chi connectivity index (χ1v) is 4.24. The summed E-state index contributed by atoms with van der Waals surface area (Å²) in [5.41, 5.74) is 0. The Morgan fingerprint density at radius 2 is 2.15 bits per heavy atom. The summed E-state index contributed by atoms with van der Waals surface area (Å²) >= 11 is 0. The molecule has 0 spiro atoms. The van der Waals surface area contributed by atoms with Crippen LogP contribution in [0.3, 0.4) is 0 Å². The van der Waals surface area contributed by atoms with Crippen molar-refractivity contribution in [2.75, 3.05) is 0 Å². The molecule has 0 aliphatic carbocycles. The molecule has 3 heteroatoms. The van der Waals surface area contributed by atoms with Crippen molar-refractivity contribution in [1.29, 1.82) is 0 Å². The van der Waals surface area contributed by atoms with Gasteiger partial charge in [-0.3, -0.25) is 9.59 Å². The lowest BCUT2D eigenvalue weighted by atomic mass is 10.2. The third-order valence-corrected chi connectivity index (χ3v) is 1.65. The second kappa shape index (κ2) is 4.60.